The first kappa shape index (κ1) is 17.5. The van der Waals surface area contributed by atoms with Crippen molar-refractivity contribution in [2.45, 2.75) is 57.5 Å². The summed E-state index contributed by atoms with van der Waals surface area (Å²) in [6.45, 7) is 7.65. The molecule has 2 aliphatic heterocycles. The maximum Gasteiger partial charge on any atom is 0.131 e. The molecule has 2 N–H and O–H groups in total. The molecular weight excluding hydrogens is 302 g/mol. The highest BCUT2D eigenvalue weighted by Gasteiger charge is 2.45. The van der Waals surface area contributed by atoms with E-state index in [4.69, 9.17) is 4.74 Å². The Morgan fingerprint density at radius 1 is 1.27 bits per heavy atom. The van der Waals surface area contributed by atoms with Gasteiger partial charge >= 0.3 is 0 Å². The van der Waals surface area contributed by atoms with Crippen LogP contribution in [0, 0.1) is 0 Å². The van der Waals surface area contributed by atoms with Crippen molar-refractivity contribution in [3.63, 3.8) is 0 Å². The van der Waals surface area contributed by atoms with Gasteiger partial charge in [-0.05, 0) is 64.4 Å². The summed E-state index contributed by atoms with van der Waals surface area (Å²) < 4.78 is 6.00. The Morgan fingerprint density at radius 3 is 2.50 bits per heavy atom. The Bertz CT molecular complexity index is 527. The molecule has 2 heterocycles. The maximum absolute atomic E-state index is 10.8. The number of nitrogens with zero attached hydrogens (tertiary/aromatic N) is 1. The monoisotopic (exact) mass is 327 g/mol. The minimum atomic E-state index is -0.605. The van der Waals surface area contributed by atoms with Crippen LogP contribution >= 0.6 is 12.4 Å². The van der Waals surface area contributed by atoms with Crippen LogP contribution in [0.15, 0.2) is 18.2 Å². The number of hydrogen-bond acceptors (Lipinski definition) is 4. The molecule has 0 aromatic heterocycles. The first-order chi connectivity index (χ1) is 9.90. The zero-order valence-corrected chi connectivity index (χ0v) is 14.3. The van der Waals surface area contributed by atoms with Crippen molar-refractivity contribution >= 4 is 12.4 Å². The van der Waals surface area contributed by atoms with Crippen LogP contribution in [-0.4, -0.2) is 39.9 Å². The van der Waals surface area contributed by atoms with Gasteiger partial charge in [-0.1, -0.05) is 6.07 Å². The molecule has 0 aliphatic carbocycles. The molecule has 3 rings (SSSR count). The van der Waals surface area contributed by atoms with Gasteiger partial charge in [-0.2, -0.15) is 0 Å². The average Bonchev–Trinajstić information content (AvgIpc) is 2.93. The van der Waals surface area contributed by atoms with Crippen LogP contribution in [0.25, 0.3) is 0 Å². The summed E-state index contributed by atoms with van der Waals surface area (Å²) in [6, 6.07) is 5.76. The fourth-order valence-corrected chi connectivity index (χ4v) is 3.46. The van der Waals surface area contributed by atoms with E-state index >= 15 is 0 Å². The van der Waals surface area contributed by atoms with E-state index in [1.165, 1.54) is 12.8 Å². The Hall–Kier alpha value is -0.810. The van der Waals surface area contributed by atoms with Crippen LogP contribution in [0.5, 0.6) is 5.75 Å². The number of halogens is 1. The lowest BCUT2D eigenvalue weighted by atomic mass is 9.84. The Morgan fingerprint density at radius 2 is 1.91 bits per heavy atom. The van der Waals surface area contributed by atoms with Crippen molar-refractivity contribution in [2.24, 2.45) is 0 Å². The second-order valence-corrected chi connectivity index (χ2v) is 6.81. The lowest BCUT2D eigenvalue weighted by Gasteiger charge is -2.45. The van der Waals surface area contributed by atoms with Gasteiger partial charge in [0.25, 0.3) is 0 Å². The number of hydrogen-bond donors (Lipinski definition) is 2. The van der Waals surface area contributed by atoms with E-state index in [0.717, 1.165) is 30.0 Å². The molecule has 1 saturated heterocycles. The molecule has 22 heavy (non-hydrogen) atoms. The van der Waals surface area contributed by atoms with Crippen LogP contribution in [0.4, 0.5) is 0 Å². The molecule has 124 valence electrons. The van der Waals surface area contributed by atoms with Gasteiger partial charge in [0, 0.05) is 5.56 Å². The number of aliphatic hydroxyl groups excluding tert-OH is 2. The summed E-state index contributed by atoms with van der Waals surface area (Å²) in [5.41, 5.74) is 1.27. The average molecular weight is 328 g/mol. The van der Waals surface area contributed by atoms with E-state index < -0.39 is 17.8 Å². The molecule has 2 aliphatic rings. The molecular formula is C17H26ClNO3. The minimum Gasteiger partial charge on any atom is -0.485 e. The van der Waals surface area contributed by atoms with E-state index in [2.05, 4.69) is 4.90 Å². The highest BCUT2D eigenvalue weighted by molar-refractivity contribution is 5.85. The first-order valence-electron chi connectivity index (χ1n) is 7.83. The molecule has 1 aromatic rings. The highest BCUT2D eigenvalue weighted by atomic mass is 35.5. The molecule has 1 aromatic carbocycles. The zero-order chi connectivity index (χ0) is 15.2. The summed E-state index contributed by atoms with van der Waals surface area (Å²) >= 11 is 0. The third kappa shape index (κ3) is 2.98. The number of likely N-dealkylation sites (tertiary alicyclic amines) is 1. The molecule has 0 bridgehead atoms. The lowest BCUT2D eigenvalue weighted by Crippen LogP contribution is -2.53. The number of ether oxygens (including phenoxy) is 1. The SMILES string of the molecule is CC(O)c1ccc2c(c1)C(N1CCCC1)C(O)C(C)(C)O2.Cl. The summed E-state index contributed by atoms with van der Waals surface area (Å²) in [5.74, 6) is 0.826. The van der Waals surface area contributed by atoms with E-state index in [-0.39, 0.29) is 18.4 Å². The van der Waals surface area contributed by atoms with Gasteiger partial charge in [0.05, 0.1) is 12.1 Å². The van der Waals surface area contributed by atoms with E-state index in [9.17, 15) is 10.2 Å². The van der Waals surface area contributed by atoms with Crippen LogP contribution in [-0.2, 0) is 0 Å². The zero-order valence-electron chi connectivity index (χ0n) is 13.5. The van der Waals surface area contributed by atoms with Crippen LogP contribution in [0.1, 0.15) is 56.9 Å². The lowest BCUT2D eigenvalue weighted by molar-refractivity contribution is -0.0896. The molecule has 3 atom stereocenters. The van der Waals surface area contributed by atoms with Crippen molar-refractivity contribution in [1.82, 2.24) is 4.90 Å². The fraction of sp³-hybridized carbons (Fsp3) is 0.647. The van der Waals surface area contributed by atoms with E-state index in [0.29, 0.717) is 0 Å². The second kappa shape index (κ2) is 6.36. The Kier molecular flexibility index (Phi) is 5.07. The standard InChI is InChI=1S/C17H25NO3.ClH/c1-11(19)12-6-7-14-13(10-12)15(18-8-4-5-9-18)16(20)17(2,3)21-14;/h6-7,10-11,15-16,19-20H,4-5,8-9H2,1-3H3;1H. The second-order valence-electron chi connectivity index (χ2n) is 6.81. The quantitative estimate of drug-likeness (QED) is 0.877. The van der Waals surface area contributed by atoms with Crippen LogP contribution < -0.4 is 4.74 Å². The van der Waals surface area contributed by atoms with Crippen LogP contribution in [0.3, 0.4) is 0 Å². The number of rotatable bonds is 2. The highest BCUT2D eigenvalue weighted by Crippen LogP contribution is 2.44. The third-order valence-electron chi connectivity index (χ3n) is 4.75. The molecule has 0 spiro atoms. The van der Waals surface area contributed by atoms with Gasteiger partial charge < -0.3 is 14.9 Å². The van der Waals surface area contributed by atoms with Crippen LogP contribution in [0.2, 0.25) is 0 Å². The van der Waals surface area contributed by atoms with Gasteiger partial charge in [0.1, 0.15) is 17.5 Å². The molecule has 5 heteroatoms. The molecule has 0 saturated carbocycles. The summed E-state index contributed by atoms with van der Waals surface area (Å²) in [4.78, 5) is 2.35. The smallest absolute Gasteiger partial charge is 0.131 e. The minimum absolute atomic E-state index is 0. The Labute approximate surface area is 138 Å². The predicted octanol–water partition coefficient (Wildman–Crippen LogP) is 2.83. The molecule has 0 radical (unpaired) electrons. The third-order valence-corrected chi connectivity index (χ3v) is 4.75. The number of benzene rings is 1. The van der Waals surface area contributed by atoms with Crippen molar-refractivity contribution in [3.8, 4) is 5.75 Å². The normalized spacial score (nSPS) is 28.4. The summed E-state index contributed by atoms with van der Waals surface area (Å²) in [7, 11) is 0. The predicted molar refractivity (Wildman–Crippen MR) is 88.6 cm³/mol. The van der Waals surface area contributed by atoms with Gasteiger partial charge in [-0.25, -0.2) is 0 Å². The molecule has 0 amide bonds. The fourth-order valence-electron chi connectivity index (χ4n) is 3.46. The van der Waals surface area contributed by atoms with Gasteiger partial charge in [0.2, 0.25) is 0 Å². The first-order valence-corrected chi connectivity index (χ1v) is 7.83. The maximum atomic E-state index is 10.8. The van der Waals surface area contributed by atoms with E-state index in [1.54, 1.807) is 6.92 Å². The molecule has 4 nitrogen and oxygen atoms in total. The largest absolute Gasteiger partial charge is 0.485 e. The van der Waals surface area contributed by atoms with Crippen molar-refractivity contribution < 1.29 is 14.9 Å². The van der Waals surface area contributed by atoms with Gasteiger partial charge in [-0.15, -0.1) is 12.4 Å². The molecule has 1 fully saturated rings. The molecule has 3 unspecified atom stereocenters. The van der Waals surface area contributed by atoms with Crippen molar-refractivity contribution in [1.29, 1.82) is 0 Å². The van der Waals surface area contributed by atoms with Gasteiger partial charge in [-0.3, -0.25) is 4.90 Å². The topological polar surface area (TPSA) is 52.9 Å². The summed E-state index contributed by atoms with van der Waals surface area (Å²) in [5, 5.41) is 20.6. The van der Waals surface area contributed by atoms with Crippen molar-refractivity contribution in [3.05, 3.63) is 29.3 Å². The van der Waals surface area contributed by atoms with Crippen molar-refractivity contribution in [2.75, 3.05) is 13.1 Å². The Balaban J connectivity index is 0.00000176. The number of fused-ring (bicyclic) bond motifs is 1. The number of aliphatic hydroxyl groups is 2. The van der Waals surface area contributed by atoms with E-state index in [1.807, 2.05) is 32.0 Å². The summed E-state index contributed by atoms with van der Waals surface area (Å²) in [6.07, 6.45) is 1.26. The van der Waals surface area contributed by atoms with Gasteiger partial charge in [0.15, 0.2) is 0 Å².